The molecule has 17 heavy (non-hydrogen) atoms. The fourth-order valence-corrected chi connectivity index (χ4v) is 2.16. The van der Waals surface area contributed by atoms with Gasteiger partial charge in [0.15, 0.2) is 0 Å². The van der Waals surface area contributed by atoms with Crippen molar-refractivity contribution in [2.24, 2.45) is 0 Å². The van der Waals surface area contributed by atoms with E-state index in [0.717, 1.165) is 19.3 Å². The lowest BCUT2D eigenvalue weighted by Crippen LogP contribution is -1.85. The van der Waals surface area contributed by atoms with E-state index in [1.165, 1.54) is 64.2 Å². The Hall–Kier alpha value is -0.0800. The Labute approximate surface area is 107 Å². The van der Waals surface area contributed by atoms with Gasteiger partial charge in [0.05, 0.1) is 6.61 Å². The maximum Gasteiger partial charge on any atom is 0.0822 e. The highest BCUT2D eigenvalue weighted by atomic mass is 16.3. The van der Waals surface area contributed by atoms with Crippen molar-refractivity contribution in [2.45, 2.75) is 83.5 Å². The van der Waals surface area contributed by atoms with Crippen molar-refractivity contribution in [3.8, 4) is 0 Å². The van der Waals surface area contributed by atoms with Crippen LogP contribution in [0.3, 0.4) is 0 Å². The molecule has 0 aliphatic rings. The summed E-state index contributed by atoms with van der Waals surface area (Å²) < 4.78 is 0. The standard InChI is InChI=1S/C15H31O2/c16-14-12-10-8-6-4-2-1-3-5-7-9-11-13-15-17/h16H,1-15H2. The predicted molar refractivity (Wildman–Crippen MR) is 72.7 cm³/mol. The van der Waals surface area contributed by atoms with Gasteiger partial charge in [-0.05, 0) is 12.8 Å². The average molecular weight is 243 g/mol. The van der Waals surface area contributed by atoms with Crippen LogP contribution >= 0.6 is 0 Å². The number of aliphatic hydroxyl groups is 1. The quantitative estimate of drug-likeness (QED) is 0.449. The molecule has 0 aliphatic carbocycles. The van der Waals surface area contributed by atoms with Gasteiger partial charge >= 0.3 is 0 Å². The second-order valence-corrected chi connectivity index (χ2v) is 5.02. The van der Waals surface area contributed by atoms with E-state index in [4.69, 9.17) is 5.11 Å². The third kappa shape index (κ3) is 15.9. The molecule has 0 aliphatic heterocycles. The van der Waals surface area contributed by atoms with Crippen LogP contribution in [0.2, 0.25) is 0 Å². The van der Waals surface area contributed by atoms with E-state index < -0.39 is 0 Å². The number of rotatable bonds is 14. The van der Waals surface area contributed by atoms with E-state index in [0.29, 0.717) is 6.61 Å². The zero-order valence-electron chi connectivity index (χ0n) is 11.5. The van der Waals surface area contributed by atoms with Crippen LogP contribution in [0.25, 0.3) is 0 Å². The van der Waals surface area contributed by atoms with Crippen molar-refractivity contribution < 1.29 is 10.2 Å². The molecule has 1 radical (unpaired) electrons. The fraction of sp³-hybridized carbons (Fsp3) is 1.00. The van der Waals surface area contributed by atoms with Crippen molar-refractivity contribution in [3.05, 3.63) is 0 Å². The molecule has 0 amide bonds. The molecular formula is C15H31O2. The van der Waals surface area contributed by atoms with Crippen LogP contribution in [0.5, 0.6) is 0 Å². The van der Waals surface area contributed by atoms with Crippen LogP contribution in [-0.2, 0) is 5.11 Å². The normalized spacial score (nSPS) is 10.9. The van der Waals surface area contributed by atoms with Crippen molar-refractivity contribution in [3.63, 3.8) is 0 Å². The Balaban J connectivity index is 2.85. The summed E-state index contributed by atoms with van der Waals surface area (Å²) in [4.78, 5) is 0. The van der Waals surface area contributed by atoms with Gasteiger partial charge in [-0.25, -0.2) is 5.11 Å². The highest BCUT2D eigenvalue weighted by Gasteiger charge is 1.93. The maximum absolute atomic E-state index is 10.2. The molecular weight excluding hydrogens is 212 g/mol. The van der Waals surface area contributed by atoms with Crippen LogP contribution < -0.4 is 0 Å². The van der Waals surface area contributed by atoms with Crippen LogP contribution in [0.4, 0.5) is 0 Å². The number of hydrogen-bond acceptors (Lipinski definition) is 1. The molecule has 0 fully saturated rings. The first-order valence-electron chi connectivity index (χ1n) is 7.60. The van der Waals surface area contributed by atoms with Crippen molar-refractivity contribution in [1.82, 2.24) is 0 Å². The Morgan fingerprint density at radius 1 is 0.471 bits per heavy atom. The van der Waals surface area contributed by atoms with Gasteiger partial charge in [-0.1, -0.05) is 70.6 Å². The van der Waals surface area contributed by atoms with Crippen molar-refractivity contribution in [1.29, 1.82) is 0 Å². The zero-order valence-corrected chi connectivity index (χ0v) is 11.5. The number of unbranched alkanes of at least 4 members (excludes halogenated alkanes) is 12. The SMILES string of the molecule is [O]CCCCCCCCCCCCCCCO. The van der Waals surface area contributed by atoms with Gasteiger partial charge in [-0.15, -0.1) is 0 Å². The molecule has 103 valence electrons. The van der Waals surface area contributed by atoms with E-state index in [-0.39, 0.29) is 6.61 Å². The summed E-state index contributed by atoms with van der Waals surface area (Å²) in [7, 11) is 0. The first kappa shape index (κ1) is 16.9. The lowest BCUT2D eigenvalue weighted by atomic mass is 10.0. The van der Waals surface area contributed by atoms with E-state index in [1.807, 2.05) is 0 Å². The molecule has 0 spiro atoms. The fourth-order valence-electron chi connectivity index (χ4n) is 2.16. The Bertz CT molecular complexity index is 112. The molecule has 0 saturated heterocycles. The summed E-state index contributed by atoms with van der Waals surface area (Å²) in [6.07, 6.45) is 16.2. The zero-order chi connectivity index (χ0) is 12.6. The molecule has 0 unspecified atom stereocenters. The van der Waals surface area contributed by atoms with Gasteiger partial charge in [0.25, 0.3) is 0 Å². The van der Waals surface area contributed by atoms with Gasteiger partial charge in [0.2, 0.25) is 0 Å². The molecule has 0 aromatic rings. The number of hydrogen-bond donors (Lipinski definition) is 1. The second-order valence-electron chi connectivity index (χ2n) is 5.02. The Kier molecular flexibility index (Phi) is 15.8. The molecule has 0 heterocycles. The summed E-state index contributed by atoms with van der Waals surface area (Å²) >= 11 is 0. The average Bonchev–Trinajstić information content (AvgIpc) is 2.35. The number of aliphatic hydroxyl groups excluding tert-OH is 1. The largest absolute Gasteiger partial charge is 0.396 e. The molecule has 0 atom stereocenters. The summed E-state index contributed by atoms with van der Waals surface area (Å²) in [5.74, 6) is 0. The molecule has 2 nitrogen and oxygen atoms in total. The van der Waals surface area contributed by atoms with Gasteiger partial charge in [0, 0.05) is 6.61 Å². The molecule has 0 rings (SSSR count). The molecule has 0 aromatic carbocycles. The van der Waals surface area contributed by atoms with E-state index in [2.05, 4.69) is 0 Å². The van der Waals surface area contributed by atoms with Gasteiger partial charge in [-0.2, -0.15) is 0 Å². The minimum Gasteiger partial charge on any atom is -0.396 e. The van der Waals surface area contributed by atoms with E-state index in [1.54, 1.807) is 0 Å². The maximum atomic E-state index is 10.2. The smallest absolute Gasteiger partial charge is 0.0822 e. The summed E-state index contributed by atoms with van der Waals surface area (Å²) in [6, 6.07) is 0. The molecule has 0 aromatic heterocycles. The predicted octanol–water partition coefficient (Wildman–Crippen LogP) is 4.48. The highest BCUT2D eigenvalue weighted by Crippen LogP contribution is 2.12. The first-order chi connectivity index (χ1) is 8.41. The summed E-state index contributed by atoms with van der Waals surface area (Å²) in [6.45, 7) is 0.461. The van der Waals surface area contributed by atoms with Crippen LogP contribution in [0, 0.1) is 0 Å². The topological polar surface area (TPSA) is 40.1 Å². The van der Waals surface area contributed by atoms with Crippen molar-refractivity contribution in [2.75, 3.05) is 13.2 Å². The van der Waals surface area contributed by atoms with Gasteiger partial charge < -0.3 is 5.11 Å². The Morgan fingerprint density at radius 2 is 0.765 bits per heavy atom. The molecule has 1 N–H and O–H groups in total. The molecule has 0 bridgehead atoms. The van der Waals surface area contributed by atoms with E-state index in [9.17, 15) is 5.11 Å². The third-order valence-corrected chi connectivity index (χ3v) is 3.30. The summed E-state index contributed by atoms with van der Waals surface area (Å²) in [5, 5.41) is 18.8. The Morgan fingerprint density at radius 3 is 1.06 bits per heavy atom. The van der Waals surface area contributed by atoms with Crippen molar-refractivity contribution >= 4 is 0 Å². The minimum absolute atomic E-state index is 0.107. The summed E-state index contributed by atoms with van der Waals surface area (Å²) in [5.41, 5.74) is 0. The lowest BCUT2D eigenvalue weighted by Gasteiger charge is -2.02. The van der Waals surface area contributed by atoms with E-state index >= 15 is 0 Å². The molecule has 0 saturated carbocycles. The van der Waals surface area contributed by atoms with Crippen LogP contribution in [0.15, 0.2) is 0 Å². The van der Waals surface area contributed by atoms with Gasteiger partial charge in [0.1, 0.15) is 0 Å². The van der Waals surface area contributed by atoms with Crippen LogP contribution in [0.1, 0.15) is 83.5 Å². The first-order valence-corrected chi connectivity index (χ1v) is 7.60. The van der Waals surface area contributed by atoms with Gasteiger partial charge in [-0.3, -0.25) is 0 Å². The van der Waals surface area contributed by atoms with Crippen LogP contribution in [-0.4, -0.2) is 18.3 Å². The highest BCUT2D eigenvalue weighted by molar-refractivity contribution is 4.48. The third-order valence-electron chi connectivity index (χ3n) is 3.30. The monoisotopic (exact) mass is 243 g/mol. The second kappa shape index (κ2) is 15.9. The molecule has 2 heteroatoms. The minimum atomic E-state index is 0.107. The lowest BCUT2D eigenvalue weighted by molar-refractivity contribution is 0.186.